The van der Waals surface area contributed by atoms with Crippen LogP contribution < -0.4 is 5.73 Å². The largest absolute Gasteiger partial charge is 0.326 e. The minimum atomic E-state index is 0.124. The molecule has 17 heavy (non-hydrogen) atoms. The summed E-state index contributed by atoms with van der Waals surface area (Å²) in [5.74, 6) is 0. The number of aromatic nitrogens is 1. The first-order valence-electron chi connectivity index (χ1n) is 5.27. The van der Waals surface area contributed by atoms with Crippen molar-refractivity contribution >= 4 is 46.0 Å². The molecule has 0 bridgehead atoms. The SMILES string of the molecule is CCC(N)C(Sc1nccs1)c1ccc(Cl)s1. The third kappa shape index (κ3) is 3.45. The zero-order valence-electron chi connectivity index (χ0n) is 9.30. The smallest absolute Gasteiger partial charge is 0.150 e. The first-order valence-corrected chi connectivity index (χ1v) is 8.23. The predicted octanol–water partition coefficient (Wildman–Crippen LogP) is 4.43. The van der Waals surface area contributed by atoms with Crippen LogP contribution in [0.25, 0.3) is 0 Å². The molecule has 0 saturated heterocycles. The summed E-state index contributed by atoms with van der Waals surface area (Å²) in [5, 5.41) is 2.22. The molecule has 2 atom stereocenters. The Kier molecular flexibility index (Phi) is 4.87. The molecule has 92 valence electrons. The molecule has 0 aromatic carbocycles. The molecular weight excluding hydrogens is 292 g/mol. The van der Waals surface area contributed by atoms with E-state index in [9.17, 15) is 0 Å². The van der Waals surface area contributed by atoms with E-state index in [1.54, 1.807) is 34.4 Å². The van der Waals surface area contributed by atoms with Gasteiger partial charge in [0, 0.05) is 22.5 Å². The number of rotatable bonds is 5. The lowest BCUT2D eigenvalue weighted by Crippen LogP contribution is -2.25. The first-order chi connectivity index (χ1) is 8.20. The van der Waals surface area contributed by atoms with Gasteiger partial charge >= 0.3 is 0 Å². The van der Waals surface area contributed by atoms with Crippen molar-refractivity contribution in [2.45, 2.75) is 29.0 Å². The van der Waals surface area contributed by atoms with E-state index in [2.05, 4.69) is 18.0 Å². The van der Waals surface area contributed by atoms with E-state index >= 15 is 0 Å². The summed E-state index contributed by atoms with van der Waals surface area (Å²) in [7, 11) is 0. The summed E-state index contributed by atoms with van der Waals surface area (Å²) < 4.78 is 1.87. The van der Waals surface area contributed by atoms with Crippen molar-refractivity contribution in [2.75, 3.05) is 0 Å². The lowest BCUT2D eigenvalue weighted by Gasteiger charge is -2.19. The van der Waals surface area contributed by atoms with Crippen LogP contribution in [0.5, 0.6) is 0 Å². The summed E-state index contributed by atoms with van der Waals surface area (Å²) >= 11 is 11.0. The standard InChI is InChI=1S/C11H13ClN2S3/c1-2-7(13)10(8-3-4-9(12)16-8)17-11-14-5-6-15-11/h3-7,10H,2,13H2,1H3. The Bertz CT molecular complexity index is 455. The Morgan fingerprint density at radius 3 is 2.88 bits per heavy atom. The number of nitrogens with two attached hydrogens (primary N) is 1. The summed E-state index contributed by atoms with van der Waals surface area (Å²) in [6.45, 7) is 2.11. The molecule has 2 nitrogen and oxygen atoms in total. The van der Waals surface area contributed by atoms with Crippen LogP contribution in [0.1, 0.15) is 23.5 Å². The maximum absolute atomic E-state index is 6.19. The van der Waals surface area contributed by atoms with E-state index < -0.39 is 0 Å². The van der Waals surface area contributed by atoms with Crippen molar-refractivity contribution in [1.82, 2.24) is 4.98 Å². The molecule has 0 spiro atoms. The number of thioether (sulfide) groups is 1. The zero-order chi connectivity index (χ0) is 12.3. The molecular formula is C11H13ClN2S3. The topological polar surface area (TPSA) is 38.9 Å². The second kappa shape index (κ2) is 6.20. The highest BCUT2D eigenvalue weighted by atomic mass is 35.5. The van der Waals surface area contributed by atoms with Crippen molar-refractivity contribution in [3.05, 3.63) is 32.9 Å². The van der Waals surface area contributed by atoms with Gasteiger partial charge in [-0.15, -0.1) is 22.7 Å². The average molecular weight is 305 g/mol. The Labute approximate surface area is 118 Å². The maximum atomic E-state index is 6.19. The minimum absolute atomic E-state index is 0.124. The van der Waals surface area contributed by atoms with Crippen LogP contribution in [-0.4, -0.2) is 11.0 Å². The molecule has 0 aliphatic carbocycles. The number of hydrogen-bond acceptors (Lipinski definition) is 5. The minimum Gasteiger partial charge on any atom is -0.326 e. The Hall–Kier alpha value is -0.0700. The fourth-order valence-corrected chi connectivity index (χ4v) is 4.80. The average Bonchev–Trinajstić information content (AvgIpc) is 2.96. The molecule has 2 rings (SSSR count). The van der Waals surface area contributed by atoms with Crippen molar-refractivity contribution < 1.29 is 0 Å². The number of hydrogen-bond donors (Lipinski definition) is 1. The summed E-state index contributed by atoms with van der Waals surface area (Å²) in [5.41, 5.74) is 6.19. The predicted molar refractivity (Wildman–Crippen MR) is 78.3 cm³/mol. The van der Waals surface area contributed by atoms with E-state index in [-0.39, 0.29) is 11.3 Å². The maximum Gasteiger partial charge on any atom is 0.150 e. The number of thiophene rings is 1. The van der Waals surface area contributed by atoms with Gasteiger partial charge in [0.05, 0.1) is 9.59 Å². The summed E-state index contributed by atoms with van der Waals surface area (Å²) in [6.07, 6.45) is 2.77. The van der Waals surface area contributed by atoms with Crippen LogP contribution in [0.15, 0.2) is 28.0 Å². The van der Waals surface area contributed by atoms with E-state index in [0.29, 0.717) is 0 Å². The van der Waals surface area contributed by atoms with E-state index in [1.807, 2.05) is 17.6 Å². The Morgan fingerprint density at radius 2 is 2.35 bits per heavy atom. The molecule has 2 aromatic rings. The molecule has 0 aliphatic rings. The van der Waals surface area contributed by atoms with E-state index in [1.165, 1.54) is 4.88 Å². The van der Waals surface area contributed by atoms with Gasteiger partial charge in [0.25, 0.3) is 0 Å². The van der Waals surface area contributed by atoms with Gasteiger partial charge in [-0.25, -0.2) is 4.98 Å². The quantitative estimate of drug-likeness (QED) is 0.831. The third-order valence-corrected chi connectivity index (χ3v) is 6.14. The van der Waals surface area contributed by atoms with Gasteiger partial charge in [-0.2, -0.15) is 0 Å². The molecule has 0 aliphatic heterocycles. The normalized spacial score (nSPS) is 14.8. The van der Waals surface area contributed by atoms with Gasteiger partial charge in [0.2, 0.25) is 0 Å². The second-order valence-electron chi connectivity index (χ2n) is 3.55. The number of halogens is 1. The monoisotopic (exact) mass is 304 g/mol. The van der Waals surface area contributed by atoms with Gasteiger partial charge in [-0.3, -0.25) is 0 Å². The zero-order valence-corrected chi connectivity index (χ0v) is 12.5. The van der Waals surface area contributed by atoms with Crippen LogP contribution >= 0.6 is 46.0 Å². The summed E-state index contributed by atoms with van der Waals surface area (Å²) in [4.78, 5) is 5.53. The highest BCUT2D eigenvalue weighted by Gasteiger charge is 2.22. The van der Waals surface area contributed by atoms with Crippen LogP contribution in [0.3, 0.4) is 0 Å². The Balaban J connectivity index is 2.19. The number of thiazole rings is 1. The van der Waals surface area contributed by atoms with Crippen molar-refractivity contribution in [3.63, 3.8) is 0 Å². The van der Waals surface area contributed by atoms with Crippen molar-refractivity contribution in [3.8, 4) is 0 Å². The molecule has 0 fully saturated rings. The molecule has 0 radical (unpaired) electrons. The van der Waals surface area contributed by atoms with Crippen LogP contribution in [0, 0.1) is 0 Å². The molecule has 2 aromatic heterocycles. The van der Waals surface area contributed by atoms with Crippen LogP contribution in [0.2, 0.25) is 4.34 Å². The molecule has 2 unspecified atom stereocenters. The molecule has 0 amide bonds. The third-order valence-electron chi connectivity index (χ3n) is 2.37. The van der Waals surface area contributed by atoms with Crippen LogP contribution in [-0.2, 0) is 0 Å². The fourth-order valence-electron chi connectivity index (χ4n) is 1.43. The summed E-state index contributed by atoms with van der Waals surface area (Å²) in [6, 6.07) is 4.12. The van der Waals surface area contributed by atoms with Gasteiger partial charge in [0.15, 0.2) is 0 Å². The highest BCUT2D eigenvalue weighted by molar-refractivity contribution is 8.01. The van der Waals surface area contributed by atoms with Gasteiger partial charge in [-0.1, -0.05) is 30.3 Å². The van der Waals surface area contributed by atoms with Gasteiger partial charge < -0.3 is 5.73 Å². The molecule has 6 heteroatoms. The second-order valence-corrected chi connectivity index (χ2v) is 7.58. The number of nitrogens with zero attached hydrogens (tertiary/aromatic N) is 1. The Morgan fingerprint density at radius 1 is 1.53 bits per heavy atom. The highest BCUT2D eigenvalue weighted by Crippen LogP contribution is 2.42. The fraction of sp³-hybridized carbons (Fsp3) is 0.364. The van der Waals surface area contributed by atoms with Crippen molar-refractivity contribution in [2.24, 2.45) is 5.73 Å². The van der Waals surface area contributed by atoms with E-state index in [4.69, 9.17) is 17.3 Å². The molecule has 2 heterocycles. The lowest BCUT2D eigenvalue weighted by molar-refractivity contribution is 0.640. The van der Waals surface area contributed by atoms with Crippen LogP contribution in [0.4, 0.5) is 0 Å². The lowest BCUT2D eigenvalue weighted by atomic mass is 10.1. The van der Waals surface area contributed by atoms with Gasteiger partial charge in [0.1, 0.15) is 4.34 Å². The van der Waals surface area contributed by atoms with Gasteiger partial charge in [-0.05, 0) is 18.6 Å². The molecule has 0 saturated carbocycles. The van der Waals surface area contributed by atoms with E-state index in [0.717, 1.165) is 15.1 Å². The van der Waals surface area contributed by atoms with Crippen molar-refractivity contribution in [1.29, 1.82) is 0 Å². The first kappa shape index (κ1) is 13.4. The molecule has 2 N–H and O–H groups in total.